The summed E-state index contributed by atoms with van der Waals surface area (Å²) in [6, 6.07) is 8.84. The number of hydrogen-bond acceptors (Lipinski definition) is 6. The number of carbonyl (C=O) groups is 1. The maximum Gasteiger partial charge on any atom is 0.260 e. The Balaban J connectivity index is 1.19. The molecule has 1 unspecified atom stereocenters. The number of fused-ring (bicyclic) bond motifs is 2. The molecule has 1 atom stereocenters. The summed E-state index contributed by atoms with van der Waals surface area (Å²) in [6.07, 6.45) is 6.24. The number of aromatic nitrogens is 5. The predicted octanol–water partition coefficient (Wildman–Crippen LogP) is 2.65. The molecule has 0 aliphatic carbocycles. The van der Waals surface area contributed by atoms with Gasteiger partial charge in [-0.3, -0.25) is 9.69 Å². The number of aryl methyl sites for hydroxylation is 1. The van der Waals surface area contributed by atoms with Gasteiger partial charge in [0.15, 0.2) is 12.4 Å². The molecular weight excluding hydrogens is 422 g/mol. The van der Waals surface area contributed by atoms with E-state index in [-0.39, 0.29) is 11.3 Å². The van der Waals surface area contributed by atoms with Crippen molar-refractivity contribution in [1.82, 2.24) is 24.6 Å². The summed E-state index contributed by atoms with van der Waals surface area (Å²) in [5.74, 6) is 0.160. The minimum absolute atomic E-state index is 0.0236. The summed E-state index contributed by atoms with van der Waals surface area (Å²) < 4.78 is 2.94. The molecule has 0 N–H and O–H groups in total. The van der Waals surface area contributed by atoms with E-state index in [1.807, 2.05) is 34.5 Å². The molecule has 9 heteroatoms. The van der Waals surface area contributed by atoms with Crippen molar-refractivity contribution in [2.75, 3.05) is 24.6 Å². The molecule has 2 saturated heterocycles. The molecule has 164 valence electrons. The number of likely N-dealkylation sites (tertiary alicyclic amines) is 1. The van der Waals surface area contributed by atoms with Crippen molar-refractivity contribution in [3.8, 4) is 0 Å². The molecule has 3 aromatic heterocycles. The average Bonchev–Trinajstić information content (AvgIpc) is 3.51. The molecule has 0 bridgehead atoms. The third kappa shape index (κ3) is 3.18. The van der Waals surface area contributed by atoms with Crippen molar-refractivity contribution in [2.45, 2.75) is 39.2 Å². The van der Waals surface area contributed by atoms with E-state index < -0.39 is 0 Å². The first-order valence-electron chi connectivity index (χ1n) is 11.1. The zero-order valence-electron chi connectivity index (χ0n) is 18.3. The van der Waals surface area contributed by atoms with E-state index in [1.165, 1.54) is 10.3 Å². The molecule has 1 amide bonds. The second kappa shape index (κ2) is 7.31. The molecule has 0 radical (unpaired) electrons. The summed E-state index contributed by atoms with van der Waals surface area (Å²) in [5, 5.41) is 6.22. The van der Waals surface area contributed by atoms with Crippen LogP contribution < -0.4 is 9.80 Å². The molecule has 1 aromatic carbocycles. The lowest BCUT2D eigenvalue weighted by molar-refractivity contribution is -0.756. The van der Waals surface area contributed by atoms with Crippen LogP contribution in [0.3, 0.4) is 0 Å². The first kappa shape index (κ1) is 19.8. The minimum Gasteiger partial charge on any atom is -0.297 e. The third-order valence-electron chi connectivity index (χ3n) is 7.18. The second-order valence-electron chi connectivity index (χ2n) is 9.20. The SMILES string of the molecule is Cc1c[n+](N2CC3(CCN(C(C)c4ccc5scnc5c4)CC3)CC2=O)n2nccc2n1. The Morgan fingerprint density at radius 3 is 2.91 bits per heavy atom. The van der Waals surface area contributed by atoms with Crippen molar-refractivity contribution in [1.29, 1.82) is 0 Å². The summed E-state index contributed by atoms with van der Waals surface area (Å²) >= 11 is 1.68. The van der Waals surface area contributed by atoms with Crippen LogP contribution in [0, 0.1) is 12.3 Å². The van der Waals surface area contributed by atoms with Crippen molar-refractivity contribution in [3.63, 3.8) is 0 Å². The first-order valence-corrected chi connectivity index (χ1v) is 12.0. The first-order chi connectivity index (χ1) is 15.5. The van der Waals surface area contributed by atoms with E-state index in [9.17, 15) is 4.79 Å². The van der Waals surface area contributed by atoms with Gasteiger partial charge in [0.25, 0.3) is 5.91 Å². The lowest BCUT2D eigenvalue weighted by Crippen LogP contribution is -2.64. The Bertz CT molecular complexity index is 1320. The third-order valence-corrected chi connectivity index (χ3v) is 7.99. The van der Waals surface area contributed by atoms with Gasteiger partial charge in [0.05, 0.1) is 28.0 Å². The molecule has 6 rings (SSSR count). The van der Waals surface area contributed by atoms with Gasteiger partial charge in [-0.25, -0.2) is 9.97 Å². The number of benzene rings is 1. The van der Waals surface area contributed by atoms with Crippen molar-refractivity contribution >= 4 is 33.1 Å². The molecule has 1 spiro atoms. The molecule has 8 nitrogen and oxygen atoms in total. The van der Waals surface area contributed by atoms with Crippen LogP contribution in [0.4, 0.5) is 0 Å². The Kier molecular flexibility index (Phi) is 4.51. The van der Waals surface area contributed by atoms with Gasteiger partial charge >= 0.3 is 0 Å². The smallest absolute Gasteiger partial charge is 0.260 e. The van der Waals surface area contributed by atoms with Gasteiger partial charge < -0.3 is 0 Å². The highest BCUT2D eigenvalue weighted by Crippen LogP contribution is 2.41. The second-order valence-corrected chi connectivity index (χ2v) is 10.1. The Morgan fingerprint density at radius 2 is 2.06 bits per heavy atom. The monoisotopic (exact) mass is 448 g/mol. The van der Waals surface area contributed by atoms with Crippen LogP contribution in [0.1, 0.15) is 43.5 Å². The fourth-order valence-corrected chi connectivity index (χ4v) is 5.92. The van der Waals surface area contributed by atoms with Crippen LogP contribution >= 0.6 is 11.3 Å². The maximum atomic E-state index is 13.1. The average molecular weight is 449 g/mol. The Labute approximate surface area is 190 Å². The molecule has 0 saturated carbocycles. The van der Waals surface area contributed by atoms with E-state index in [0.29, 0.717) is 12.5 Å². The van der Waals surface area contributed by atoms with Gasteiger partial charge in [-0.2, -0.15) is 5.01 Å². The predicted molar refractivity (Wildman–Crippen MR) is 122 cm³/mol. The molecular formula is C23H26N7OS+. The van der Waals surface area contributed by atoms with Gasteiger partial charge in [-0.05, 0) is 62.3 Å². The lowest BCUT2D eigenvalue weighted by Gasteiger charge is -2.41. The van der Waals surface area contributed by atoms with Crippen LogP contribution in [0.25, 0.3) is 15.9 Å². The molecule has 4 aromatic rings. The van der Waals surface area contributed by atoms with Crippen molar-refractivity contribution in [2.24, 2.45) is 5.41 Å². The molecule has 2 aliphatic rings. The summed E-state index contributed by atoms with van der Waals surface area (Å²) in [6.45, 7) is 6.94. The number of carbonyl (C=O) groups excluding carboxylic acids is 1. The maximum absolute atomic E-state index is 13.1. The molecule has 2 aliphatic heterocycles. The van der Waals surface area contributed by atoms with E-state index in [2.05, 4.69) is 45.1 Å². The highest BCUT2D eigenvalue weighted by molar-refractivity contribution is 7.16. The Hall–Kier alpha value is -2.91. The fraction of sp³-hybridized carbons (Fsp3) is 0.435. The minimum atomic E-state index is 0.0236. The largest absolute Gasteiger partial charge is 0.297 e. The molecule has 32 heavy (non-hydrogen) atoms. The van der Waals surface area contributed by atoms with Gasteiger partial charge in [-0.1, -0.05) is 6.07 Å². The number of hydrogen-bond donors (Lipinski definition) is 0. The summed E-state index contributed by atoms with van der Waals surface area (Å²) in [4.78, 5) is 26.4. The van der Waals surface area contributed by atoms with Crippen LogP contribution in [0.5, 0.6) is 0 Å². The molecule has 5 heterocycles. The van der Waals surface area contributed by atoms with Crippen LogP contribution in [0.2, 0.25) is 0 Å². The van der Waals surface area contributed by atoms with Crippen LogP contribution in [0.15, 0.2) is 42.2 Å². The van der Waals surface area contributed by atoms with Gasteiger partial charge in [0.2, 0.25) is 5.65 Å². The van der Waals surface area contributed by atoms with E-state index in [0.717, 1.165) is 49.3 Å². The van der Waals surface area contributed by atoms with Crippen LogP contribution in [-0.2, 0) is 4.79 Å². The van der Waals surface area contributed by atoms with Crippen molar-refractivity contribution in [3.05, 3.63) is 53.4 Å². The van der Waals surface area contributed by atoms with E-state index in [1.54, 1.807) is 22.2 Å². The number of thiazole rings is 1. The number of amides is 1. The van der Waals surface area contributed by atoms with Gasteiger partial charge in [0.1, 0.15) is 0 Å². The number of piperidine rings is 1. The Morgan fingerprint density at radius 1 is 1.22 bits per heavy atom. The summed E-state index contributed by atoms with van der Waals surface area (Å²) in [7, 11) is 0. The van der Waals surface area contributed by atoms with Gasteiger partial charge in [0, 0.05) is 33.7 Å². The fourth-order valence-electron chi connectivity index (χ4n) is 5.26. The van der Waals surface area contributed by atoms with E-state index >= 15 is 0 Å². The standard InChI is InChI=1S/C23H26N7OS/c1-16-13-29(30-21(26-16)5-8-25-30)28-14-23(12-22(28)31)6-9-27(10-7-23)17(2)18-3-4-20-19(11-18)24-15-32-20/h3-5,8,11,13,15,17H,6-7,9-10,12,14H2,1-2H3/q+1. The number of rotatable bonds is 3. The van der Waals surface area contributed by atoms with Crippen LogP contribution in [-0.4, -0.2) is 50.1 Å². The zero-order chi connectivity index (χ0) is 21.9. The quantitative estimate of drug-likeness (QED) is 0.451. The van der Waals surface area contributed by atoms with Crippen molar-refractivity contribution < 1.29 is 9.59 Å². The zero-order valence-corrected chi connectivity index (χ0v) is 19.1. The topological polar surface area (TPSA) is 70.5 Å². The molecule has 2 fully saturated rings. The summed E-state index contributed by atoms with van der Waals surface area (Å²) in [5.41, 5.74) is 5.95. The normalized spacial score (nSPS) is 20.1. The van der Waals surface area contributed by atoms with E-state index in [4.69, 9.17) is 0 Å². The highest BCUT2D eigenvalue weighted by atomic mass is 32.1. The lowest BCUT2D eigenvalue weighted by atomic mass is 9.77. The van der Waals surface area contributed by atoms with Gasteiger partial charge in [-0.15, -0.1) is 11.3 Å². The highest BCUT2D eigenvalue weighted by Gasteiger charge is 2.48. The number of nitrogens with zero attached hydrogens (tertiary/aromatic N) is 7.